The van der Waals surface area contributed by atoms with E-state index < -0.39 is 34.6 Å². The summed E-state index contributed by atoms with van der Waals surface area (Å²) in [4.78, 5) is 17.8. The Bertz CT molecular complexity index is 1710. The number of benzene rings is 2. The largest absolute Gasteiger partial charge is 0.391 e. The van der Waals surface area contributed by atoms with Crippen LogP contribution in [0, 0.1) is 17.6 Å². The lowest BCUT2D eigenvalue weighted by Gasteiger charge is -2.40. The van der Waals surface area contributed by atoms with Crippen molar-refractivity contribution in [1.29, 1.82) is 0 Å². The number of nitrogens with zero attached hydrogens (tertiary/aromatic N) is 2. The third-order valence-corrected chi connectivity index (χ3v) is 9.34. The summed E-state index contributed by atoms with van der Waals surface area (Å²) in [6.45, 7) is 1.69. The number of rotatable bonds is 5. The summed E-state index contributed by atoms with van der Waals surface area (Å²) in [5.74, 6) is -1.64. The zero-order valence-electron chi connectivity index (χ0n) is 20.3. The summed E-state index contributed by atoms with van der Waals surface area (Å²) in [6.07, 6.45) is -3.57. The fraction of sp³-hybridized carbons (Fsp3) is 0.308. The van der Waals surface area contributed by atoms with Crippen LogP contribution in [-0.2, 0) is 16.6 Å². The molecule has 0 amide bonds. The van der Waals surface area contributed by atoms with Crippen molar-refractivity contribution in [2.75, 3.05) is 6.54 Å². The van der Waals surface area contributed by atoms with E-state index in [4.69, 9.17) is 12.2 Å². The minimum Gasteiger partial charge on any atom is -0.355 e. The number of aryl methyl sites for hydroxylation is 1. The van der Waals surface area contributed by atoms with Crippen LogP contribution >= 0.6 is 12.2 Å². The molecule has 4 aromatic rings. The predicted molar refractivity (Wildman–Crippen MR) is 140 cm³/mol. The summed E-state index contributed by atoms with van der Waals surface area (Å²) in [5, 5.41) is 0. The molecule has 7 nitrogen and oxygen atoms in total. The van der Waals surface area contributed by atoms with E-state index in [-0.39, 0.29) is 34.7 Å². The molecule has 38 heavy (non-hydrogen) atoms. The second-order valence-electron chi connectivity index (χ2n) is 9.49. The Labute approximate surface area is 222 Å². The van der Waals surface area contributed by atoms with Crippen molar-refractivity contribution in [3.63, 3.8) is 0 Å². The van der Waals surface area contributed by atoms with Gasteiger partial charge in [-0.15, -0.1) is 0 Å². The molecule has 5 rings (SSSR count). The SMILES string of the molecule is Cc1ccc(S(=O)(=O)N2CCC(C(F)(F)F)CC2c2ccccc2Cn2c(=S)[nH]c(=O)c3[nH]ccc32)cc1. The Hall–Kier alpha value is -3.22. The Kier molecular flexibility index (Phi) is 6.82. The monoisotopic (exact) mass is 562 g/mol. The van der Waals surface area contributed by atoms with Gasteiger partial charge in [0, 0.05) is 12.7 Å². The number of alkyl halides is 3. The van der Waals surface area contributed by atoms with Crippen molar-refractivity contribution in [2.45, 2.75) is 43.4 Å². The van der Waals surface area contributed by atoms with Gasteiger partial charge < -0.3 is 9.55 Å². The summed E-state index contributed by atoms with van der Waals surface area (Å²) < 4.78 is 72.1. The summed E-state index contributed by atoms with van der Waals surface area (Å²) in [6, 6.07) is 13.8. The number of halogens is 3. The maximum atomic E-state index is 13.9. The van der Waals surface area contributed by atoms with Crippen LogP contribution in [0.4, 0.5) is 13.2 Å². The van der Waals surface area contributed by atoms with Gasteiger partial charge in [-0.3, -0.25) is 9.78 Å². The number of aromatic amines is 2. The van der Waals surface area contributed by atoms with E-state index in [1.165, 1.54) is 16.4 Å². The topological polar surface area (TPSA) is 91.0 Å². The average Bonchev–Trinajstić information content (AvgIpc) is 3.37. The highest BCUT2D eigenvalue weighted by Gasteiger charge is 2.47. The molecule has 3 heterocycles. The van der Waals surface area contributed by atoms with Crippen LogP contribution in [-0.4, -0.2) is 40.0 Å². The number of hydrogen-bond donors (Lipinski definition) is 2. The van der Waals surface area contributed by atoms with Crippen LogP contribution in [0.25, 0.3) is 11.0 Å². The molecule has 2 unspecified atom stereocenters. The molecular weight excluding hydrogens is 537 g/mol. The van der Waals surface area contributed by atoms with E-state index in [1.54, 1.807) is 53.2 Å². The van der Waals surface area contributed by atoms with Crippen molar-refractivity contribution >= 4 is 33.3 Å². The molecule has 2 atom stereocenters. The molecule has 2 aromatic heterocycles. The molecular formula is C26H25F3N4O3S2. The molecule has 0 spiro atoms. The fourth-order valence-electron chi connectivity index (χ4n) is 5.09. The number of aromatic nitrogens is 3. The summed E-state index contributed by atoms with van der Waals surface area (Å²) in [7, 11) is -4.09. The molecule has 1 saturated heterocycles. The normalized spacial score (nSPS) is 19.2. The Morgan fingerprint density at radius 2 is 1.79 bits per heavy atom. The smallest absolute Gasteiger partial charge is 0.355 e. The lowest BCUT2D eigenvalue weighted by molar-refractivity contribution is -0.187. The van der Waals surface area contributed by atoms with E-state index in [0.29, 0.717) is 22.2 Å². The number of hydrogen-bond acceptors (Lipinski definition) is 4. The van der Waals surface area contributed by atoms with Crippen LogP contribution in [0.5, 0.6) is 0 Å². The first kappa shape index (κ1) is 26.4. The van der Waals surface area contributed by atoms with E-state index in [2.05, 4.69) is 9.97 Å². The molecule has 0 saturated carbocycles. The molecule has 1 fully saturated rings. The maximum Gasteiger partial charge on any atom is 0.391 e. The first-order valence-corrected chi connectivity index (χ1v) is 13.8. The van der Waals surface area contributed by atoms with Crippen molar-refractivity contribution in [2.24, 2.45) is 5.92 Å². The number of piperidine rings is 1. The lowest BCUT2D eigenvalue weighted by Crippen LogP contribution is -2.44. The van der Waals surface area contributed by atoms with Gasteiger partial charge in [0.15, 0.2) is 4.77 Å². The highest BCUT2D eigenvalue weighted by Crippen LogP contribution is 2.45. The molecule has 1 aliphatic rings. The third kappa shape index (κ3) is 4.83. The third-order valence-electron chi connectivity index (χ3n) is 7.09. The van der Waals surface area contributed by atoms with E-state index in [1.807, 2.05) is 6.92 Å². The van der Waals surface area contributed by atoms with Crippen molar-refractivity contribution in [3.8, 4) is 0 Å². The molecule has 1 aliphatic heterocycles. The van der Waals surface area contributed by atoms with Crippen LogP contribution in [0.2, 0.25) is 0 Å². The van der Waals surface area contributed by atoms with Crippen LogP contribution < -0.4 is 5.56 Å². The first-order valence-electron chi connectivity index (χ1n) is 12.0. The first-order chi connectivity index (χ1) is 18.0. The fourth-order valence-corrected chi connectivity index (χ4v) is 6.98. The second-order valence-corrected chi connectivity index (χ2v) is 11.8. The average molecular weight is 563 g/mol. The van der Waals surface area contributed by atoms with Gasteiger partial charge in [0.2, 0.25) is 10.0 Å². The highest BCUT2D eigenvalue weighted by atomic mass is 32.2. The Morgan fingerprint density at radius 1 is 1.08 bits per heavy atom. The van der Waals surface area contributed by atoms with Gasteiger partial charge in [-0.1, -0.05) is 42.0 Å². The summed E-state index contributed by atoms with van der Waals surface area (Å²) in [5.41, 5.74) is 2.42. The molecule has 200 valence electrons. The molecule has 0 radical (unpaired) electrons. The van der Waals surface area contributed by atoms with E-state index >= 15 is 0 Å². The van der Waals surface area contributed by atoms with Gasteiger partial charge in [0.05, 0.1) is 28.9 Å². The molecule has 2 N–H and O–H groups in total. The zero-order chi connectivity index (χ0) is 27.2. The molecule has 12 heteroatoms. The lowest BCUT2D eigenvalue weighted by atomic mass is 9.86. The Balaban J connectivity index is 1.62. The minimum absolute atomic E-state index is 0.0351. The molecule has 0 aliphatic carbocycles. The zero-order valence-corrected chi connectivity index (χ0v) is 22.0. The van der Waals surface area contributed by atoms with Gasteiger partial charge in [0.25, 0.3) is 5.56 Å². The number of sulfonamides is 1. The van der Waals surface area contributed by atoms with Crippen molar-refractivity contribution < 1.29 is 21.6 Å². The van der Waals surface area contributed by atoms with Crippen molar-refractivity contribution in [3.05, 3.63) is 92.6 Å². The number of nitrogens with one attached hydrogen (secondary N) is 2. The van der Waals surface area contributed by atoms with Gasteiger partial charge in [-0.2, -0.15) is 17.5 Å². The predicted octanol–water partition coefficient (Wildman–Crippen LogP) is 5.45. The van der Waals surface area contributed by atoms with Gasteiger partial charge in [-0.25, -0.2) is 8.42 Å². The van der Waals surface area contributed by atoms with Gasteiger partial charge >= 0.3 is 6.18 Å². The van der Waals surface area contributed by atoms with E-state index in [0.717, 1.165) is 5.56 Å². The van der Waals surface area contributed by atoms with E-state index in [9.17, 15) is 26.4 Å². The standard InChI is InChI=1S/C26H25F3N4O3S2/c1-16-6-8-19(9-7-16)38(35,36)33-13-11-18(26(27,28)29)14-22(33)20-5-3-2-4-17(20)15-32-21-10-12-30-23(21)24(34)31-25(32)37/h2-10,12,18,22,30H,11,13-15H2,1H3,(H,31,34,37). The summed E-state index contributed by atoms with van der Waals surface area (Å²) >= 11 is 5.39. The maximum absolute atomic E-state index is 13.9. The minimum atomic E-state index is -4.45. The quantitative estimate of drug-likeness (QED) is 0.317. The van der Waals surface area contributed by atoms with Crippen molar-refractivity contribution in [1.82, 2.24) is 18.8 Å². The van der Waals surface area contributed by atoms with Crippen LogP contribution in [0.3, 0.4) is 0 Å². The van der Waals surface area contributed by atoms with Gasteiger partial charge in [-0.05, 0) is 61.3 Å². The molecule has 0 bridgehead atoms. The van der Waals surface area contributed by atoms with Gasteiger partial charge in [0.1, 0.15) is 5.52 Å². The second kappa shape index (κ2) is 9.83. The Morgan fingerprint density at radius 3 is 2.50 bits per heavy atom. The van der Waals surface area contributed by atoms with Crippen LogP contribution in [0.15, 0.2) is 70.5 Å². The molecule has 2 aromatic carbocycles. The highest BCUT2D eigenvalue weighted by molar-refractivity contribution is 7.89. The van der Waals surface area contributed by atoms with Crippen LogP contribution in [0.1, 0.15) is 35.6 Å². The number of fused-ring (bicyclic) bond motifs is 1. The number of H-pyrrole nitrogens is 2.